The highest BCUT2D eigenvalue weighted by atomic mass is 35.5. The van der Waals surface area contributed by atoms with Gasteiger partial charge in [0.25, 0.3) is 0 Å². The van der Waals surface area contributed by atoms with Gasteiger partial charge in [0, 0.05) is 11.6 Å². The van der Waals surface area contributed by atoms with Gasteiger partial charge in [0.05, 0.1) is 11.6 Å². The zero-order chi connectivity index (χ0) is 13.4. The number of ether oxygens (including phenoxy) is 2. The molecule has 0 saturated heterocycles. The molecule has 0 aromatic heterocycles. The van der Waals surface area contributed by atoms with Gasteiger partial charge in [-0.15, -0.1) is 0 Å². The molecule has 1 aromatic rings. The molecule has 0 radical (unpaired) electrons. The Labute approximate surface area is 110 Å². The lowest BCUT2D eigenvalue weighted by Gasteiger charge is -2.05. The largest absolute Gasteiger partial charge is 0.488 e. The van der Waals surface area contributed by atoms with Crippen molar-refractivity contribution in [2.45, 2.75) is 6.92 Å². The minimum absolute atomic E-state index is 0.193. The first-order valence-corrected chi connectivity index (χ1v) is 5.76. The third-order valence-electron chi connectivity index (χ3n) is 1.97. The number of benzene rings is 1. The van der Waals surface area contributed by atoms with Crippen LogP contribution in [0.15, 0.2) is 30.4 Å². The predicted molar refractivity (Wildman–Crippen MR) is 68.1 cm³/mol. The molecule has 18 heavy (non-hydrogen) atoms. The lowest BCUT2D eigenvalue weighted by molar-refractivity contribution is -0.137. The first-order chi connectivity index (χ1) is 8.67. The first kappa shape index (κ1) is 14.3. The van der Waals surface area contributed by atoms with Gasteiger partial charge in [-0.25, -0.2) is 4.79 Å². The van der Waals surface area contributed by atoms with E-state index >= 15 is 0 Å². The average molecular weight is 269 g/mol. The van der Waals surface area contributed by atoms with Gasteiger partial charge in [-0.05, 0) is 31.2 Å². The van der Waals surface area contributed by atoms with Crippen LogP contribution in [0.2, 0.25) is 5.02 Å². The summed E-state index contributed by atoms with van der Waals surface area (Å²) in [5.41, 5.74) is 0.481. The average Bonchev–Trinajstić information content (AvgIpc) is 2.36. The molecule has 0 atom stereocenters. The summed E-state index contributed by atoms with van der Waals surface area (Å²) in [5, 5.41) is 0.351. The highest BCUT2D eigenvalue weighted by Crippen LogP contribution is 2.24. The lowest BCUT2D eigenvalue weighted by Crippen LogP contribution is -2.01. The molecule has 0 spiro atoms. The summed E-state index contributed by atoms with van der Waals surface area (Å²) in [5.74, 6) is 0.0410. The Morgan fingerprint density at radius 2 is 2.22 bits per heavy atom. The number of esters is 1. The molecule has 0 amide bonds. The molecule has 96 valence electrons. The summed E-state index contributed by atoms with van der Waals surface area (Å²) >= 11 is 5.90. The van der Waals surface area contributed by atoms with Crippen LogP contribution in [0.4, 0.5) is 0 Å². The van der Waals surface area contributed by atoms with Gasteiger partial charge in [-0.1, -0.05) is 11.6 Å². The SMILES string of the molecule is CCOC(=O)/C=C/COc1ccc(C=O)cc1Cl. The Morgan fingerprint density at radius 3 is 2.83 bits per heavy atom. The summed E-state index contributed by atoms with van der Waals surface area (Å²) in [4.78, 5) is 21.5. The standard InChI is InChI=1S/C13H13ClO4/c1-2-17-13(16)4-3-7-18-12-6-5-10(9-15)8-11(12)14/h3-6,8-9H,2,7H2,1H3/b4-3+. The van der Waals surface area contributed by atoms with Crippen LogP contribution in [0.25, 0.3) is 0 Å². The number of carbonyl (C=O) groups is 2. The molecule has 0 aliphatic heterocycles. The van der Waals surface area contributed by atoms with E-state index in [9.17, 15) is 9.59 Å². The Kier molecular flexibility index (Phi) is 5.94. The normalized spacial score (nSPS) is 10.3. The molecule has 0 aliphatic carbocycles. The summed E-state index contributed by atoms with van der Waals surface area (Å²) in [6.45, 7) is 2.26. The number of aldehydes is 1. The van der Waals surface area contributed by atoms with E-state index in [1.165, 1.54) is 18.2 Å². The van der Waals surface area contributed by atoms with Crippen molar-refractivity contribution in [3.05, 3.63) is 40.9 Å². The maximum atomic E-state index is 11.0. The Hall–Kier alpha value is -1.81. The summed E-state index contributed by atoms with van der Waals surface area (Å²) in [6, 6.07) is 4.71. The summed E-state index contributed by atoms with van der Waals surface area (Å²) < 4.78 is 10.0. The molecule has 4 nitrogen and oxygen atoms in total. The van der Waals surface area contributed by atoms with E-state index in [4.69, 9.17) is 21.1 Å². The maximum Gasteiger partial charge on any atom is 0.330 e. The van der Waals surface area contributed by atoms with Crippen molar-refractivity contribution in [1.29, 1.82) is 0 Å². The van der Waals surface area contributed by atoms with Crippen LogP contribution in [0.5, 0.6) is 5.75 Å². The zero-order valence-corrected chi connectivity index (χ0v) is 10.6. The smallest absolute Gasteiger partial charge is 0.330 e. The Morgan fingerprint density at radius 1 is 1.44 bits per heavy atom. The molecule has 0 saturated carbocycles. The highest BCUT2D eigenvalue weighted by Gasteiger charge is 2.02. The molecule has 0 bridgehead atoms. The number of carbonyl (C=O) groups excluding carboxylic acids is 2. The molecule has 0 unspecified atom stereocenters. The van der Waals surface area contributed by atoms with E-state index in [1.54, 1.807) is 19.1 Å². The van der Waals surface area contributed by atoms with E-state index < -0.39 is 5.97 Å². The number of halogens is 1. The maximum absolute atomic E-state index is 11.0. The van der Waals surface area contributed by atoms with E-state index in [-0.39, 0.29) is 6.61 Å². The molecule has 1 aromatic carbocycles. The van der Waals surface area contributed by atoms with Gasteiger partial charge in [0.15, 0.2) is 0 Å². The minimum Gasteiger partial charge on any atom is -0.488 e. The van der Waals surface area contributed by atoms with Crippen molar-refractivity contribution >= 4 is 23.9 Å². The summed E-state index contributed by atoms with van der Waals surface area (Å²) in [6.07, 6.45) is 3.52. The molecule has 5 heteroatoms. The van der Waals surface area contributed by atoms with Crippen molar-refractivity contribution < 1.29 is 19.1 Å². The van der Waals surface area contributed by atoms with Crippen molar-refractivity contribution in [3.8, 4) is 5.75 Å². The van der Waals surface area contributed by atoms with Crippen molar-refractivity contribution in [3.63, 3.8) is 0 Å². The van der Waals surface area contributed by atoms with E-state index in [1.807, 2.05) is 0 Å². The van der Waals surface area contributed by atoms with Gasteiger partial charge in [-0.2, -0.15) is 0 Å². The fraction of sp³-hybridized carbons (Fsp3) is 0.231. The van der Waals surface area contributed by atoms with Crippen LogP contribution in [-0.4, -0.2) is 25.5 Å². The van der Waals surface area contributed by atoms with Crippen LogP contribution in [0.1, 0.15) is 17.3 Å². The lowest BCUT2D eigenvalue weighted by atomic mass is 10.2. The van der Waals surface area contributed by atoms with Crippen LogP contribution < -0.4 is 4.74 Å². The fourth-order valence-electron chi connectivity index (χ4n) is 1.18. The quantitative estimate of drug-likeness (QED) is 0.452. The number of hydrogen-bond donors (Lipinski definition) is 0. The molecular formula is C13H13ClO4. The third-order valence-corrected chi connectivity index (χ3v) is 2.26. The molecule has 0 heterocycles. The number of hydrogen-bond acceptors (Lipinski definition) is 4. The topological polar surface area (TPSA) is 52.6 Å². The third kappa shape index (κ3) is 4.59. The second kappa shape index (κ2) is 7.50. The van der Waals surface area contributed by atoms with Gasteiger partial charge in [0.1, 0.15) is 18.6 Å². The molecule has 0 N–H and O–H groups in total. The molecular weight excluding hydrogens is 256 g/mol. The number of rotatable bonds is 6. The predicted octanol–water partition coefficient (Wildman–Crippen LogP) is 2.65. The second-order valence-corrected chi connectivity index (χ2v) is 3.68. The Bertz CT molecular complexity index is 454. The van der Waals surface area contributed by atoms with Crippen LogP contribution in [0.3, 0.4) is 0 Å². The van der Waals surface area contributed by atoms with Crippen molar-refractivity contribution in [2.75, 3.05) is 13.2 Å². The minimum atomic E-state index is -0.413. The second-order valence-electron chi connectivity index (χ2n) is 3.27. The fourth-order valence-corrected chi connectivity index (χ4v) is 1.42. The van der Waals surface area contributed by atoms with Crippen LogP contribution in [0, 0.1) is 0 Å². The molecule has 0 aliphatic rings. The van der Waals surface area contributed by atoms with Gasteiger partial charge >= 0.3 is 5.97 Å². The highest BCUT2D eigenvalue weighted by molar-refractivity contribution is 6.32. The van der Waals surface area contributed by atoms with E-state index in [2.05, 4.69) is 0 Å². The zero-order valence-electron chi connectivity index (χ0n) is 9.89. The van der Waals surface area contributed by atoms with Crippen molar-refractivity contribution in [2.24, 2.45) is 0 Å². The first-order valence-electron chi connectivity index (χ1n) is 5.38. The Balaban J connectivity index is 2.49. The van der Waals surface area contributed by atoms with Gasteiger partial charge < -0.3 is 9.47 Å². The van der Waals surface area contributed by atoms with Crippen LogP contribution in [-0.2, 0) is 9.53 Å². The van der Waals surface area contributed by atoms with Crippen LogP contribution >= 0.6 is 11.6 Å². The molecule has 0 fully saturated rings. The van der Waals surface area contributed by atoms with E-state index in [0.717, 1.165) is 0 Å². The molecule has 1 rings (SSSR count). The van der Waals surface area contributed by atoms with Crippen molar-refractivity contribution in [1.82, 2.24) is 0 Å². The van der Waals surface area contributed by atoms with Gasteiger partial charge in [0.2, 0.25) is 0 Å². The van der Waals surface area contributed by atoms with E-state index in [0.29, 0.717) is 29.2 Å². The van der Waals surface area contributed by atoms with Gasteiger partial charge in [-0.3, -0.25) is 4.79 Å². The monoisotopic (exact) mass is 268 g/mol. The summed E-state index contributed by atoms with van der Waals surface area (Å²) in [7, 11) is 0.